The van der Waals surface area contributed by atoms with Crippen LogP contribution < -0.4 is 16.6 Å². The van der Waals surface area contributed by atoms with Gasteiger partial charge >= 0.3 is 5.69 Å². The molecule has 1 N–H and O–H groups in total. The lowest BCUT2D eigenvalue weighted by Gasteiger charge is -2.10. The molecule has 0 saturated heterocycles. The molecule has 0 unspecified atom stereocenters. The zero-order valence-corrected chi connectivity index (χ0v) is 13.7. The first-order chi connectivity index (χ1) is 9.40. The molecule has 0 radical (unpaired) electrons. The van der Waals surface area contributed by atoms with E-state index >= 15 is 0 Å². The summed E-state index contributed by atoms with van der Waals surface area (Å²) in [4.78, 5) is 35.3. The number of rotatable bonds is 2. The minimum absolute atomic E-state index is 0. The Kier molecular flexibility index (Phi) is 5.51. The maximum atomic E-state index is 12.0. The molecule has 2 rings (SSSR count). The van der Waals surface area contributed by atoms with E-state index in [1.807, 2.05) is 0 Å². The van der Waals surface area contributed by atoms with Crippen LogP contribution >= 0.6 is 28.3 Å². The molecule has 21 heavy (non-hydrogen) atoms. The standard InChI is InChI=1S/C13H12BrN3O3.ClH/c1-16-10(7-11(18)17(2)13(16)20)15-12(19)8-3-5-9(14)6-4-8;/h3-7H,1-2H3,(H,15,19);1H. The zero-order chi connectivity index (χ0) is 14.9. The van der Waals surface area contributed by atoms with Gasteiger partial charge in [0.2, 0.25) is 0 Å². The Morgan fingerprint density at radius 2 is 1.67 bits per heavy atom. The van der Waals surface area contributed by atoms with Crippen molar-refractivity contribution in [1.29, 1.82) is 0 Å². The van der Waals surface area contributed by atoms with E-state index in [9.17, 15) is 14.4 Å². The Bertz CT molecular complexity index is 781. The second kappa shape index (κ2) is 6.73. The van der Waals surface area contributed by atoms with Crippen molar-refractivity contribution in [3.8, 4) is 0 Å². The minimum Gasteiger partial charge on any atom is -0.308 e. The number of anilines is 1. The van der Waals surface area contributed by atoms with Crippen molar-refractivity contribution in [1.82, 2.24) is 9.13 Å². The van der Waals surface area contributed by atoms with Crippen molar-refractivity contribution in [2.45, 2.75) is 0 Å². The third-order valence-electron chi connectivity index (χ3n) is 2.87. The number of hydrogen-bond donors (Lipinski definition) is 1. The molecule has 1 heterocycles. The highest BCUT2D eigenvalue weighted by Gasteiger charge is 2.10. The molecule has 112 valence electrons. The number of amides is 1. The second-order valence-corrected chi connectivity index (χ2v) is 5.15. The quantitative estimate of drug-likeness (QED) is 0.866. The van der Waals surface area contributed by atoms with Gasteiger partial charge in [-0.05, 0) is 24.3 Å². The van der Waals surface area contributed by atoms with E-state index in [1.54, 1.807) is 24.3 Å². The molecule has 2 aromatic rings. The fourth-order valence-electron chi connectivity index (χ4n) is 1.64. The summed E-state index contributed by atoms with van der Waals surface area (Å²) in [7, 11) is 2.87. The van der Waals surface area contributed by atoms with Crippen molar-refractivity contribution in [3.63, 3.8) is 0 Å². The Labute approximate surface area is 134 Å². The molecule has 0 aliphatic rings. The topological polar surface area (TPSA) is 73.1 Å². The van der Waals surface area contributed by atoms with Crippen LogP contribution in [0.25, 0.3) is 0 Å². The molecule has 0 fully saturated rings. The lowest BCUT2D eigenvalue weighted by molar-refractivity contribution is 0.102. The monoisotopic (exact) mass is 373 g/mol. The number of hydrogen-bond acceptors (Lipinski definition) is 3. The lowest BCUT2D eigenvalue weighted by Crippen LogP contribution is -2.38. The normalized spacial score (nSPS) is 9.86. The van der Waals surface area contributed by atoms with Gasteiger partial charge in [-0.2, -0.15) is 0 Å². The van der Waals surface area contributed by atoms with Crippen molar-refractivity contribution in [2.24, 2.45) is 14.1 Å². The predicted molar refractivity (Wildman–Crippen MR) is 86.3 cm³/mol. The van der Waals surface area contributed by atoms with Gasteiger partial charge in [0.25, 0.3) is 11.5 Å². The van der Waals surface area contributed by atoms with Gasteiger partial charge in [-0.1, -0.05) is 15.9 Å². The van der Waals surface area contributed by atoms with Crippen LogP contribution in [0.5, 0.6) is 0 Å². The number of nitrogens with zero attached hydrogens (tertiary/aromatic N) is 2. The number of aromatic nitrogens is 2. The smallest absolute Gasteiger partial charge is 0.308 e. The molecule has 0 bridgehead atoms. The Morgan fingerprint density at radius 1 is 1.10 bits per heavy atom. The van der Waals surface area contributed by atoms with Gasteiger partial charge in [0.05, 0.1) is 0 Å². The van der Waals surface area contributed by atoms with Gasteiger partial charge in [0.1, 0.15) is 5.82 Å². The first kappa shape index (κ1) is 17.2. The van der Waals surface area contributed by atoms with E-state index in [1.165, 1.54) is 24.7 Å². The molecule has 0 aliphatic heterocycles. The van der Waals surface area contributed by atoms with Crippen LogP contribution in [0.1, 0.15) is 10.4 Å². The third kappa shape index (κ3) is 3.62. The number of halogens is 2. The van der Waals surface area contributed by atoms with Crippen molar-refractivity contribution < 1.29 is 4.79 Å². The van der Waals surface area contributed by atoms with E-state index in [-0.39, 0.29) is 24.1 Å². The maximum Gasteiger partial charge on any atom is 0.332 e. The molecule has 0 aliphatic carbocycles. The van der Waals surface area contributed by atoms with E-state index < -0.39 is 11.2 Å². The van der Waals surface area contributed by atoms with Crippen LogP contribution in [0.2, 0.25) is 0 Å². The molecule has 0 spiro atoms. The Balaban J connectivity index is 0.00000220. The summed E-state index contributed by atoms with van der Waals surface area (Å²) in [5.74, 6) is -0.230. The van der Waals surface area contributed by atoms with Gasteiger partial charge < -0.3 is 5.32 Å². The molecule has 0 atom stereocenters. The highest BCUT2D eigenvalue weighted by molar-refractivity contribution is 9.10. The summed E-state index contributed by atoms with van der Waals surface area (Å²) < 4.78 is 3.03. The molecule has 8 heteroatoms. The number of carbonyl (C=O) groups excluding carboxylic acids is 1. The first-order valence-electron chi connectivity index (χ1n) is 5.74. The second-order valence-electron chi connectivity index (χ2n) is 4.23. The summed E-state index contributed by atoms with van der Waals surface area (Å²) in [5, 5.41) is 2.55. The van der Waals surface area contributed by atoms with Gasteiger partial charge in [-0.15, -0.1) is 12.4 Å². The van der Waals surface area contributed by atoms with E-state index in [0.29, 0.717) is 5.56 Å². The molecular weight excluding hydrogens is 362 g/mol. The predicted octanol–water partition coefficient (Wildman–Crippen LogP) is 1.52. The van der Waals surface area contributed by atoms with Crippen LogP contribution in [-0.4, -0.2) is 15.0 Å². The summed E-state index contributed by atoms with van der Waals surface area (Å²) >= 11 is 3.28. The fourth-order valence-corrected chi connectivity index (χ4v) is 1.91. The number of nitrogens with one attached hydrogen (secondary N) is 1. The van der Waals surface area contributed by atoms with E-state index in [4.69, 9.17) is 0 Å². The third-order valence-corrected chi connectivity index (χ3v) is 3.40. The molecule has 1 aromatic carbocycles. The van der Waals surface area contributed by atoms with Crippen LogP contribution in [-0.2, 0) is 14.1 Å². The first-order valence-corrected chi connectivity index (χ1v) is 6.53. The average molecular weight is 375 g/mol. The van der Waals surface area contributed by atoms with Crippen LogP contribution in [0.3, 0.4) is 0 Å². The molecule has 6 nitrogen and oxygen atoms in total. The SMILES string of the molecule is Cl.Cn1c(NC(=O)c2ccc(Br)cc2)cc(=O)n(C)c1=O. The fraction of sp³-hybridized carbons (Fsp3) is 0.154. The number of carbonyl (C=O) groups is 1. The zero-order valence-electron chi connectivity index (χ0n) is 11.3. The van der Waals surface area contributed by atoms with E-state index in [0.717, 1.165) is 9.04 Å². The highest BCUT2D eigenvalue weighted by Crippen LogP contribution is 2.11. The van der Waals surface area contributed by atoms with Crippen LogP contribution in [0.15, 0.2) is 44.4 Å². The Morgan fingerprint density at radius 3 is 2.24 bits per heavy atom. The van der Waals surface area contributed by atoms with Crippen LogP contribution in [0, 0.1) is 0 Å². The van der Waals surface area contributed by atoms with Crippen molar-refractivity contribution in [2.75, 3.05) is 5.32 Å². The summed E-state index contributed by atoms with van der Waals surface area (Å²) in [5.41, 5.74) is -0.538. The number of benzene rings is 1. The summed E-state index contributed by atoms with van der Waals surface area (Å²) in [6.45, 7) is 0. The van der Waals surface area contributed by atoms with E-state index in [2.05, 4.69) is 21.2 Å². The summed E-state index contributed by atoms with van der Waals surface area (Å²) in [6, 6.07) is 7.95. The lowest BCUT2D eigenvalue weighted by atomic mass is 10.2. The van der Waals surface area contributed by atoms with Crippen molar-refractivity contribution in [3.05, 3.63) is 61.2 Å². The van der Waals surface area contributed by atoms with Gasteiger partial charge in [-0.3, -0.25) is 18.7 Å². The van der Waals surface area contributed by atoms with Gasteiger partial charge in [-0.25, -0.2) is 4.79 Å². The maximum absolute atomic E-state index is 12.0. The van der Waals surface area contributed by atoms with Crippen molar-refractivity contribution >= 4 is 40.1 Å². The minimum atomic E-state index is -0.497. The highest BCUT2D eigenvalue weighted by atomic mass is 79.9. The molecule has 0 saturated carbocycles. The van der Waals surface area contributed by atoms with Crippen LogP contribution in [0.4, 0.5) is 5.82 Å². The van der Waals surface area contributed by atoms with Gasteiger partial charge in [0, 0.05) is 30.2 Å². The molecular formula is C13H13BrClN3O3. The van der Waals surface area contributed by atoms with Gasteiger partial charge in [0.15, 0.2) is 0 Å². The molecule has 1 aromatic heterocycles. The Hall–Kier alpha value is -1.86. The largest absolute Gasteiger partial charge is 0.332 e. The summed E-state index contributed by atoms with van der Waals surface area (Å²) in [6.07, 6.45) is 0. The average Bonchev–Trinajstić information content (AvgIpc) is 2.43. The molecule has 1 amide bonds.